The van der Waals surface area contributed by atoms with E-state index >= 15 is 0 Å². The lowest BCUT2D eigenvalue weighted by Crippen LogP contribution is -2.17. The molecule has 3 heteroatoms. The number of phenolic OH excluding ortho intramolecular Hbond substituents is 1. The van der Waals surface area contributed by atoms with E-state index in [0.29, 0.717) is 12.3 Å². The molecule has 0 saturated carbocycles. The zero-order valence-corrected chi connectivity index (χ0v) is 9.18. The number of para-hydroxylation sites is 1. The van der Waals surface area contributed by atoms with Gasteiger partial charge < -0.3 is 14.8 Å². The Bertz CT molecular complexity index is 437. The highest BCUT2D eigenvalue weighted by molar-refractivity contribution is 5.34. The van der Waals surface area contributed by atoms with E-state index in [0.717, 1.165) is 11.3 Å². The minimum Gasteiger partial charge on any atom is -0.508 e. The topological polar surface area (TPSA) is 45.4 Å². The summed E-state index contributed by atoms with van der Waals surface area (Å²) in [5.41, 5.74) is 0.897. The van der Waals surface area contributed by atoms with Crippen molar-refractivity contribution in [3.63, 3.8) is 0 Å². The van der Waals surface area contributed by atoms with Crippen LogP contribution in [0.5, 0.6) is 5.75 Å². The fourth-order valence-corrected chi connectivity index (χ4v) is 1.63. The molecule has 1 heterocycles. The summed E-state index contributed by atoms with van der Waals surface area (Å²) in [4.78, 5) is 0. The van der Waals surface area contributed by atoms with E-state index in [4.69, 9.17) is 4.42 Å². The molecule has 2 aromatic rings. The maximum atomic E-state index is 9.67. The summed E-state index contributed by atoms with van der Waals surface area (Å²) < 4.78 is 5.23. The van der Waals surface area contributed by atoms with E-state index in [1.54, 1.807) is 12.3 Å². The summed E-state index contributed by atoms with van der Waals surface area (Å²) in [6.45, 7) is 2.67. The summed E-state index contributed by atoms with van der Waals surface area (Å²) in [6.07, 6.45) is 1.65. The van der Waals surface area contributed by atoms with Gasteiger partial charge in [-0.25, -0.2) is 0 Å². The van der Waals surface area contributed by atoms with Gasteiger partial charge in [-0.15, -0.1) is 0 Å². The Kier molecular flexibility index (Phi) is 3.27. The third-order valence-corrected chi connectivity index (χ3v) is 2.57. The van der Waals surface area contributed by atoms with Crippen LogP contribution >= 0.6 is 0 Å². The van der Waals surface area contributed by atoms with Crippen LogP contribution < -0.4 is 5.32 Å². The number of rotatable bonds is 4. The van der Waals surface area contributed by atoms with Crippen LogP contribution in [0.25, 0.3) is 0 Å². The average molecular weight is 217 g/mol. The molecule has 0 fully saturated rings. The van der Waals surface area contributed by atoms with E-state index in [1.807, 2.05) is 37.3 Å². The molecule has 0 saturated heterocycles. The summed E-state index contributed by atoms with van der Waals surface area (Å²) in [7, 11) is 0. The highest BCUT2D eigenvalue weighted by Crippen LogP contribution is 2.23. The van der Waals surface area contributed by atoms with Crippen molar-refractivity contribution in [3.05, 3.63) is 54.0 Å². The van der Waals surface area contributed by atoms with E-state index in [2.05, 4.69) is 5.32 Å². The van der Waals surface area contributed by atoms with Crippen LogP contribution in [0.1, 0.15) is 24.3 Å². The molecule has 1 aromatic heterocycles. The lowest BCUT2D eigenvalue weighted by molar-refractivity contribution is 0.435. The Balaban J connectivity index is 1.98. The molecule has 2 N–H and O–H groups in total. The second kappa shape index (κ2) is 4.86. The van der Waals surface area contributed by atoms with Crippen molar-refractivity contribution in [2.75, 3.05) is 0 Å². The number of benzene rings is 1. The molecule has 1 aromatic carbocycles. The predicted molar refractivity (Wildman–Crippen MR) is 62.1 cm³/mol. The van der Waals surface area contributed by atoms with Gasteiger partial charge in [0, 0.05) is 11.6 Å². The van der Waals surface area contributed by atoms with Gasteiger partial charge in [-0.05, 0) is 25.1 Å². The van der Waals surface area contributed by atoms with Gasteiger partial charge in [-0.3, -0.25) is 0 Å². The van der Waals surface area contributed by atoms with Gasteiger partial charge in [0.15, 0.2) is 0 Å². The first-order valence-corrected chi connectivity index (χ1v) is 5.31. The van der Waals surface area contributed by atoms with E-state index in [9.17, 15) is 5.11 Å². The Morgan fingerprint density at radius 2 is 2.06 bits per heavy atom. The standard InChI is InChI=1S/C13H15NO2/c1-10(12-6-2-3-7-13(12)15)14-9-11-5-4-8-16-11/h2-8,10,14-15H,9H2,1H3. The zero-order chi connectivity index (χ0) is 11.4. The van der Waals surface area contributed by atoms with Gasteiger partial charge in [0.2, 0.25) is 0 Å². The maximum Gasteiger partial charge on any atom is 0.120 e. The van der Waals surface area contributed by atoms with Crippen LogP contribution in [0.4, 0.5) is 0 Å². The van der Waals surface area contributed by atoms with E-state index in [-0.39, 0.29) is 6.04 Å². The molecule has 0 radical (unpaired) electrons. The molecule has 0 spiro atoms. The first kappa shape index (κ1) is 10.8. The number of nitrogens with one attached hydrogen (secondary N) is 1. The molecule has 0 aliphatic carbocycles. The third-order valence-electron chi connectivity index (χ3n) is 2.57. The first-order chi connectivity index (χ1) is 7.77. The number of furan rings is 1. The normalized spacial score (nSPS) is 12.6. The molecule has 84 valence electrons. The van der Waals surface area contributed by atoms with E-state index in [1.165, 1.54) is 0 Å². The predicted octanol–water partition coefficient (Wildman–Crippen LogP) is 2.84. The Morgan fingerprint density at radius 1 is 1.25 bits per heavy atom. The number of phenols is 1. The van der Waals surface area contributed by atoms with Crippen molar-refractivity contribution in [1.82, 2.24) is 5.32 Å². The molecule has 16 heavy (non-hydrogen) atoms. The molecule has 0 aliphatic rings. The van der Waals surface area contributed by atoms with Crippen LogP contribution in [0.3, 0.4) is 0 Å². The van der Waals surface area contributed by atoms with Gasteiger partial charge in [0.1, 0.15) is 11.5 Å². The molecule has 1 unspecified atom stereocenters. The van der Waals surface area contributed by atoms with Gasteiger partial charge in [0.25, 0.3) is 0 Å². The molecular formula is C13H15NO2. The molecule has 1 atom stereocenters. The van der Waals surface area contributed by atoms with E-state index < -0.39 is 0 Å². The van der Waals surface area contributed by atoms with Crippen molar-refractivity contribution in [3.8, 4) is 5.75 Å². The SMILES string of the molecule is CC(NCc1ccco1)c1ccccc1O. The zero-order valence-electron chi connectivity index (χ0n) is 9.18. The van der Waals surface area contributed by atoms with Gasteiger partial charge in [0.05, 0.1) is 12.8 Å². The second-order valence-corrected chi connectivity index (χ2v) is 3.74. The molecule has 0 bridgehead atoms. The molecule has 2 rings (SSSR count). The summed E-state index contributed by atoms with van der Waals surface area (Å²) >= 11 is 0. The van der Waals surface area contributed by atoms with Crippen LogP contribution in [-0.4, -0.2) is 5.11 Å². The van der Waals surface area contributed by atoms with Crippen molar-refractivity contribution >= 4 is 0 Å². The minimum atomic E-state index is 0.0892. The Hall–Kier alpha value is -1.74. The Morgan fingerprint density at radius 3 is 2.75 bits per heavy atom. The molecule has 3 nitrogen and oxygen atoms in total. The molecule has 0 amide bonds. The summed E-state index contributed by atoms with van der Waals surface area (Å²) in [6, 6.07) is 11.2. The van der Waals surface area contributed by atoms with Crippen LogP contribution in [0.2, 0.25) is 0 Å². The average Bonchev–Trinajstić information content (AvgIpc) is 2.79. The fraction of sp³-hybridized carbons (Fsp3) is 0.231. The van der Waals surface area contributed by atoms with Gasteiger partial charge in [-0.2, -0.15) is 0 Å². The van der Waals surface area contributed by atoms with Crippen LogP contribution in [0.15, 0.2) is 47.1 Å². The fourth-order valence-electron chi connectivity index (χ4n) is 1.63. The molecule has 0 aliphatic heterocycles. The summed E-state index contributed by atoms with van der Waals surface area (Å²) in [5.74, 6) is 1.21. The number of aromatic hydroxyl groups is 1. The Labute approximate surface area is 94.7 Å². The number of hydrogen-bond donors (Lipinski definition) is 2. The van der Waals surface area contributed by atoms with Crippen molar-refractivity contribution < 1.29 is 9.52 Å². The summed E-state index contributed by atoms with van der Waals surface area (Å²) in [5, 5.41) is 13.0. The highest BCUT2D eigenvalue weighted by Gasteiger charge is 2.09. The highest BCUT2D eigenvalue weighted by atomic mass is 16.3. The van der Waals surface area contributed by atoms with Crippen LogP contribution in [0, 0.1) is 0 Å². The van der Waals surface area contributed by atoms with Gasteiger partial charge in [-0.1, -0.05) is 18.2 Å². The number of hydrogen-bond acceptors (Lipinski definition) is 3. The first-order valence-electron chi connectivity index (χ1n) is 5.31. The minimum absolute atomic E-state index is 0.0892. The van der Waals surface area contributed by atoms with Crippen molar-refractivity contribution in [2.45, 2.75) is 19.5 Å². The van der Waals surface area contributed by atoms with Gasteiger partial charge >= 0.3 is 0 Å². The monoisotopic (exact) mass is 217 g/mol. The quantitative estimate of drug-likeness (QED) is 0.827. The lowest BCUT2D eigenvalue weighted by Gasteiger charge is -2.14. The maximum absolute atomic E-state index is 9.67. The van der Waals surface area contributed by atoms with Crippen molar-refractivity contribution in [1.29, 1.82) is 0 Å². The smallest absolute Gasteiger partial charge is 0.120 e. The molecular weight excluding hydrogens is 202 g/mol. The third kappa shape index (κ3) is 2.44. The lowest BCUT2D eigenvalue weighted by atomic mass is 10.1. The van der Waals surface area contributed by atoms with Crippen molar-refractivity contribution in [2.24, 2.45) is 0 Å². The largest absolute Gasteiger partial charge is 0.508 e. The van der Waals surface area contributed by atoms with Crippen LogP contribution in [-0.2, 0) is 6.54 Å². The second-order valence-electron chi connectivity index (χ2n) is 3.74.